The summed E-state index contributed by atoms with van der Waals surface area (Å²) in [6, 6.07) is 12.3. The molecule has 170 valence electrons. The number of halogens is 1. The lowest BCUT2D eigenvalue weighted by atomic mass is 9.97. The van der Waals surface area contributed by atoms with E-state index in [2.05, 4.69) is 19.4 Å². The van der Waals surface area contributed by atoms with Crippen molar-refractivity contribution in [2.45, 2.75) is 13.1 Å². The average molecular weight is 470 g/mol. The van der Waals surface area contributed by atoms with E-state index in [9.17, 15) is 13.2 Å². The summed E-state index contributed by atoms with van der Waals surface area (Å²) < 4.78 is 54.2. The third kappa shape index (κ3) is 4.83. The van der Waals surface area contributed by atoms with Crippen LogP contribution in [0, 0.1) is 6.92 Å². The Balaban J connectivity index is 1.69. The molecule has 4 rings (SSSR count). The highest BCUT2D eigenvalue weighted by molar-refractivity contribution is 7.90. The van der Waals surface area contributed by atoms with Gasteiger partial charge in [0.2, 0.25) is 0 Å². The molecule has 2 aromatic carbocycles. The van der Waals surface area contributed by atoms with Gasteiger partial charge in [-0.1, -0.05) is 12.1 Å². The van der Waals surface area contributed by atoms with E-state index in [-0.39, 0.29) is 28.4 Å². The number of aryl methyl sites for hydroxylation is 1. The smallest absolute Gasteiger partial charge is 0.343 e. The lowest BCUT2D eigenvalue weighted by Gasteiger charge is -2.14. The van der Waals surface area contributed by atoms with E-state index < -0.39 is 22.0 Å². The standard InChI is InChI=1S/C22H19FN4O5S/c1-13-17-8-7-16(31-22-25-9-4-10-26-22)12-18(17)32-21(28)19(13)20(23)14-5-3-6-15(11-14)27-33(29,30)24-2/h3-12,20,24,27H,1-2H3. The number of benzene rings is 2. The van der Waals surface area contributed by atoms with Crippen molar-refractivity contribution in [3.63, 3.8) is 0 Å². The van der Waals surface area contributed by atoms with Crippen LogP contribution in [0.5, 0.6) is 11.8 Å². The summed E-state index contributed by atoms with van der Waals surface area (Å²) in [5.74, 6) is 0.352. The molecule has 2 heterocycles. The van der Waals surface area contributed by atoms with Gasteiger partial charge in [-0.2, -0.15) is 8.42 Å². The molecule has 2 N–H and O–H groups in total. The van der Waals surface area contributed by atoms with Gasteiger partial charge < -0.3 is 9.15 Å². The van der Waals surface area contributed by atoms with Crippen LogP contribution in [0.15, 0.2) is 70.1 Å². The molecule has 0 radical (unpaired) electrons. The molecule has 9 nitrogen and oxygen atoms in total. The van der Waals surface area contributed by atoms with Crippen LogP contribution in [0.3, 0.4) is 0 Å². The molecule has 0 saturated heterocycles. The number of anilines is 1. The van der Waals surface area contributed by atoms with Gasteiger partial charge in [-0.05, 0) is 48.4 Å². The number of rotatable bonds is 7. The van der Waals surface area contributed by atoms with E-state index in [1.54, 1.807) is 25.1 Å². The van der Waals surface area contributed by atoms with E-state index in [4.69, 9.17) is 9.15 Å². The minimum atomic E-state index is -3.78. The highest BCUT2D eigenvalue weighted by atomic mass is 32.2. The first-order valence-corrected chi connectivity index (χ1v) is 11.2. The fourth-order valence-corrected chi connectivity index (χ4v) is 3.82. The summed E-state index contributed by atoms with van der Waals surface area (Å²) in [6.07, 6.45) is 1.22. The molecule has 0 aliphatic carbocycles. The molecule has 0 spiro atoms. The second-order valence-corrected chi connectivity index (χ2v) is 8.64. The summed E-state index contributed by atoms with van der Waals surface area (Å²) in [6.45, 7) is 1.62. The zero-order valence-electron chi connectivity index (χ0n) is 17.6. The molecule has 1 unspecified atom stereocenters. The van der Waals surface area contributed by atoms with Crippen LogP contribution in [0.2, 0.25) is 0 Å². The van der Waals surface area contributed by atoms with Crippen LogP contribution in [-0.2, 0) is 10.2 Å². The number of alkyl halides is 1. The van der Waals surface area contributed by atoms with Crippen LogP contribution in [0.25, 0.3) is 11.0 Å². The Bertz CT molecular complexity index is 1480. The van der Waals surface area contributed by atoms with Gasteiger partial charge >= 0.3 is 11.6 Å². The summed E-state index contributed by atoms with van der Waals surface area (Å²) in [4.78, 5) is 20.7. The van der Waals surface area contributed by atoms with Crippen LogP contribution in [0.1, 0.15) is 22.9 Å². The van der Waals surface area contributed by atoms with E-state index in [0.717, 1.165) is 0 Å². The summed E-state index contributed by atoms with van der Waals surface area (Å²) in [5, 5.41) is 0.528. The van der Waals surface area contributed by atoms with Crippen molar-refractivity contribution in [1.82, 2.24) is 14.7 Å². The number of hydrogen-bond donors (Lipinski definition) is 2. The first-order valence-electron chi connectivity index (χ1n) is 9.75. The van der Waals surface area contributed by atoms with Crippen LogP contribution in [0.4, 0.5) is 10.1 Å². The lowest BCUT2D eigenvalue weighted by Crippen LogP contribution is -2.26. The molecule has 33 heavy (non-hydrogen) atoms. The Kier molecular flexibility index (Phi) is 6.07. The lowest BCUT2D eigenvalue weighted by molar-refractivity contribution is 0.385. The van der Waals surface area contributed by atoms with Gasteiger partial charge in [-0.15, -0.1) is 0 Å². The zero-order valence-corrected chi connectivity index (χ0v) is 18.4. The molecule has 4 aromatic rings. The van der Waals surface area contributed by atoms with Gasteiger partial charge in [0.05, 0.1) is 11.3 Å². The van der Waals surface area contributed by atoms with Gasteiger partial charge in [0.1, 0.15) is 11.3 Å². The van der Waals surface area contributed by atoms with Crippen LogP contribution in [-0.4, -0.2) is 25.4 Å². The monoisotopic (exact) mass is 470 g/mol. The first-order chi connectivity index (χ1) is 15.8. The minimum absolute atomic E-state index is 0.0993. The Hall–Kier alpha value is -3.83. The number of ether oxygens (including phenoxy) is 1. The summed E-state index contributed by atoms with van der Waals surface area (Å²) in [5.41, 5.74) is -0.146. The molecule has 0 amide bonds. The fraction of sp³-hybridized carbons (Fsp3) is 0.136. The summed E-state index contributed by atoms with van der Waals surface area (Å²) >= 11 is 0. The highest BCUT2D eigenvalue weighted by Crippen LogP contribution is 2.32. The van der Waals surface area contributed by atoms with Crippen LogP contribution >= 0.6 is 0 Å². The maximum Gasteiger partial charge on any atom is 0.343 e. The highest BCUT2D eigenvalue weighted by Gasteiger charge is 2.23. The zero-order chi connectivity index (χ0) is 23.6. The Morgan fingerprint density at radius 1 is 1.09 bits per heavy atom. The van der Waals surface area contributed by atoms with Crippen molar-refractivity contribution in [2.24, 2.45) is 0 Å². The number of hydrogen-bond acceptors (Lipinski definition) is 7. The van der Waals surface area contributed by atoms with Crippen molar-refractivity contribution in [1.29, 1.82) is 0 Å². The predicted molar refractivity (Wildman–Crippen MR) is 120 cm³/mol. The van der Waals surface area contributed by atoms with Crippen molar-refractivity contribution in [3.8, 4) is 11.8 Å². The van der Waals surface area contributed by atoms with Gasteiger partial charge in [-0.25, -0.2) is 23.9 Å². The number of nitrogens with one attached hydrogen (secondary N) is 2. The summed E-state index contributed by atoms with van der Waals surface area (Å²) in [7, 11) is -2.53. The number of nitrogens with zero attached hydrogens (tertiary/aromatic N) is 2. The SMILES string of the molecule is CNS(=O)(=O)Nc1cccc(C(F)c2c(C)c3ccc(Oc4ncccn4)cc3oc2=O)c1. The van der Waals surface area contributed by atoms with Gasteiger partial charge in [0.25, 0.3) is 10.2 Å². The molecule has 1 atom stereocenters. The quantitative estimate of drug-likeness (QED) is 0.396. The molecule has 0 aliphatic heterocycles. The Morgan fingerprint density at radius 3 is 2.58 bits per heavy atom. The predicted octanol–water partition coefficient (Wildman–Crippen LogP) is 3.62. The van der Waals surface area contributed by atoms with Crippen molar-refractivity contribution < 1.29 is 22.0 Å². The normalized spacial score (nSPS) is 12.5. The van der Waals surface area contributed by atoms with E-state index >= 15 is 4.39 Å². The third-order valence-electron chi connectivity index (χ3n) is 4.89. The Labute approximate surface area is 188 Å². The molecular weight excluding hydrogens is 451 g/mol. The van der Waals surface area contributed by atoms with Gasteiger partial charge in [0, 0.05) is 30.9 Å². The molecule has 0 fully saturated rings. The maximum absolute atomic E-state index is 15.5. The second-order valence-electron chi connectivity index (χ2n) is 7.02. The Morgan fingerprint density at radius 2 is 1.85 bits per heavy atom. The third-order valence-corrected chi connectivity index (χ3v) is 5.93. The second kappa shape index (κ2) is 8.96. The van der Waals surface area contributed by atoms with Crippen molar-refractivity contribution >= 4 is 26.9 Å². The van der Waals surface area contributed by atoms with E-state index in [1.807, 2.05) is 0 Å². The van der Waals surface area contributed by atoms with Crippen molar-refractivity contribution in [3.05, 3.63) is 88.0 Å². The largest absolute Gasteiger partial charge is 0.424 e. The minimum Gasteiger partial charge on any atom is -0.424 e. The van der Waals surface area contributed by atoms with Gasteiger partial charge in [0.15, 0.2) is 6.17 Å². The topological polar surface area (TPSA) is 123 Å². The van der Waals surface area contributed by atoms with Crippen LogP contribution < -0.4 is 19.8 Å². The molecule has 0 aliphatic rings. The first kappa shape index (κ1) is 22.4. The van der Waals surface area contributed by atoms with E-state index in [1.165, 1.54) is 49.8 Å². The van der Waals surface area contributed by atoms with Gasteiger partial charge in [-0.3, -0.25) is 4.72 Å². The average Bonchev–Trinajstić information content (AvgIpc) is 2.79. The van der Waals surface area contributed by atoms with E-state index in [0.29, 0.717) is 16.7 Å². The molecular formula is C22H19FN4O5S. The fourth-order valence-electron chi connectivity index (χ4n) is 3.28. The maximum atomic E-state index is 15.5. The molecule has 11 heteroatoms. The van der Waals surface area contributed by atoms with Crippen molar-refractivity contribution in [2.75, 3.05) is 11.8 Å². The number of aromatic nitrogens is 2. The molecule has 2 aromatic heterocycles. The number of fused-ring (bicyclic) bond motifs is 1. The molecule has 0 saturated carbocycles. The molecule has 0 bridgehead atoms.